The van der Waals surface area contributed by atoms with E-state index in [1.807, 2.05) is 0 Å². The largest absolute Gasteiger partial charge is 0.388 e. The number of carbonyl (C=O) groups excluding carboxylic acids is 1. The van der Waals surface area contributed by atoms with Crippen LogP contribution in [0.1, 0.15) is 37.7 Å². The maximum absolute atomic E-state index is 12.5. The Labute approximate surface area is 193 Å². The van der Waals surface area contributed by atoms with Crippen LogP contribution in [-0.4, -0.2) is 38.3 Å². The number of amides is 1. The minimum Gasteiger partial charge on any atom is -0.388 e. The Kier molecular flexibility index (Phi) is 7.52. The lowest BCUT2D eigenvalue weighted by atomic mass is 9.84. The summed E-state index contributed by atoms with van der Waals surface area (Å²) in [4.78, 5) is 13.2. The second kappa shape index (κ2) is 9.77. The Morgan fingerprint density at radius 2 is 1.65 bits per heavy atom. The number of anilines is 2. The van der Waals surface area contributed by atoms with Crippen molar-refractivity contribution in [3.05, 3.63) is 58.1 Å². The lowest BCUT2D eigenvalue weighted by Crippen LogP contribution is -2.44. The van der Waals surface area contributed by atoms with Gasteiger partial charge in [-0.15, -0.1) is 0 Å². The van der Waals surface area contributed by atoms with E-state index < -0.39 is 15.6 Å². The van der Waals surface area contributed by atoms with E-state index in [9.17, 15) is 18.3 Å². The first kappa shape index (κ1) is 23.9. The van der Waals surface area contributed by atoms with Gasteiger partial charge in [0.25, 0.3) is 0 Å². The number of benzene rings is 2. The molecule has 2 aromatic carbocycles. The average molecular weight is 485 g/mol. The van der Waals surface area contributed by atoms with E-state index in [-0.39, 0.29) is 13.1 Å². The molecule has 2 aromatic rings. The Morgan fingerprint density at radius 1 is 1.03 bits per heavy atom. The Bertz CT molecular complexity index is 1020. The zero-order chi connectivity index (χ0) is 22.6. The second-order valence-corrected chi connectivity index (χ2v) is 10.7. The van der Waals surface area contributed by atoms with Gasteiger partial charge in [-0.05, 0) is 48.7 Å². The predicted molar refractivity (Wildman–Crippen MR) is 125 cm³/mol. The van der Waals surface area contributed by atoms with E-state index in [2.05, 4.69) is 0 Å². The standard InChI is InChI=1S/C22H26Cl2N2O4S/c1-31(29,30)26(14-17-6-5-7-20(23)21(17)24)19-10-8-18(9-11-19)25(16-27)15-22(28)12-3-2-4-13-22/h5-11,16,28H,2-4,12-15H2,1H3. The highest BCUT2D eigenvalue weighted by molar-refractivity contribution is 7.92. The summed E-state index contributed by atoms with van der Waals surface area (Å²) in [6, 6.07) is 11.7. The highest BCUT2D eigenvalue weighted by Crippen LogP contribution is 2.32. The molecule has 0 unspecified atom stereocenters. The lowest BCUT2D eigenvalue weighted by molar-refractivity contribution is -0.108. The first-order valence-electron chi connectivity index (χ1n) is 10.1. The molecule has 168 valence electrons. The maximum atomic E-state index is 12.5. The van der Waals surface area contributed by atoms with E-state index in [1.54, 1.807) is 42.5 Å². The molecule has 6 nitrogen and oxygen atoms in total. The summed E-state index contributed by atoms with van der Waals surface area (Å²) in [6.45, 7) is 0.235. The van der Waals surface area contributed by atoms with Gasteiger partial charge in [0.15, 0.2) is 0 Å². The Balaban J connectivity index is 1.84. The SMILES string of the molecule is CS(=O)(=O)N(Cc1cccc(Cl)c1Cl)c1ccc(N(C=O)CC2(O)CCCCC2)cc1. The maximum Gasteiger partial charge on any atom is 0.232 e. The third-order valence-corrected chi connectivity index (χ3v) is 7.59. The van der Waals surface area contributed by atoms with Gasteiger partial charge in [-0.25, -0.2) is 8.42 Å². The molecular weight excluding hydrogens is 459 g/mol. The van der Waals surface area contributed by atoms with Crippen LogP contribution in [0.25, 0.3) is 0 Å². The highest BCUT2D eigenvalue weighted by atomic mass is 35.5. The molecule has 0 aliphatic heterocycles. The third kappa shape index (κ3) is 5.92. The normalized spacial score (nSPS) is 16.0. The number of aliphatic hydroxyl groups is 1. The molecule has 1 aliphatic rings. The predicted octanol–water partition coefficient (Wildman–Crippen LogP) is 4.62. The van der Waals surface area contributed by atoms with Crippen molar-refractivity contribution in [3.8, 4) is 0 Å². The molecule has 1 aliphatic carbocycles. The zero-order valence-corrected chi connectivity index (χ0v) is 19.6. The van der Waals surface area contributed by atoms with Crippen molar-refractivity contribution in [1.82, 2.24) is 0 Å². The van der Waals surface area contributed by atoms with Crippen LogP contribution >= 0.6 is 23.2 Å². The van der Waals surface area contributed by atoms with Crippen molar-refractivity contribution in [3.63, 3.8) is 0 Å². The van der Waals surface area contributed by atoms with E-state index in [0.717, 1.165) is 25.5 Å². The van der Waals surface area contributed by atoms with Crippen molar-refractivity contribution in [2.24, 2.45) is 0 Å². The molecule has 31 heavy (non-hydrogen) atoms. The molecule has 0 heterocycles. The molecule has 0 atom stereocenters. The molecule has 1 N–H and O–H groups in total. The Morgan fingerprint density at radius 3 is 2.23 bits per heavy atom. The van der Waals surface area contributed by atoms with Gasteiger partial charge in [0.1, 0.15) is 0 Å². The summed E-state index contributed by atoms with van der Waals surface area (Å²) >= 11 is 12.3. The summed E-state index contributed by atoms with van der Waals surface area (Å²) in [5.41, 5.74) is 0.717. The van der Waals surface area contributed by atoms with Crippen LogP contribution in [0.15, 0.2) is 42.5 Å². The molecule has 3 rings (SSSR count). The molecule has 0 spiro atoms. The van der Waals surface area contributed by atoms with Crippen LogP contribution in [0.3, 0.4) is 0 Å². The summed E-state index contributed by atoms with van der Waals surface area (Å²) < 4.78 is 26.2. The van der Waals surface area contributed by atoms with Crippen LogP contribution in [-0.2, 0) is 21.4 Å². The van der Waals surface area contributed by atoms with Crippen LogP contribution in [0.4, 0.5) is 11.4 Å². The van der Waals surface area contributed by atoms with Crippen molar-refractivity contribution in [2.75, 3.05) is 22.0 Å². The van der Waals surface area contributed by atoms with E-state index in [1.165, 1.54) is 9.21 Å². The molecular formula is C22H26Cl2N2O4S. The average Bonchev–Trinajstić information content (AvgIpc) is 2.73. The van der Waals surface area contributed by atoms with Gasteiger partial charge in [-0.2, -0.15) is 0 Å². The summed E-state index contributed by atoms with van der Waals surface area (Å²) in [5.74, 6) is 0. The van der Waals surface area contributed by atoms with Crippen molar-refractivity contribution < 1.29 is 18.3 Å². The number of nitrogens with zero attached hydrogens (tertiary/aromatic N) is 2. The quantitative estimate of drug-likeness (QED) is 0.554. The van der Waals surface area contributed by atoms with Gasteiger partial charge in [0.05, 0.1) is 40.7 Å². The summed E-state index contributed by atoms with van der Waals surface area (Å²) in [5, 5.41) is 11.4. The second-order valence-electron chi connectivity index (χ2n) is 8.02. The van der Waals surface area contributed by atoms with Gasteiger partial charge in [-0.1, -0.05) is 54.6 Å². The first-order chi connectivity index (χ1) is 14.6. The van der Waals surface area contributed by atoms with Gasteiger partial charge in [-0.3, -0.25) is 9.10 Å². The van der Waals surface area contributed by atoms with Gasteiger partial charge < -0.3 is 10.0 Å². The van der Waals surface area contributed by atoms with Crippen molar-refractivity contribution in [2.45, 2.75) is 44.2 Å². The monoisotopic (exact) mass is 484 g/mol. The minimum atomic E-state index is -3.61. The lowest BCUT2D eigenvalue weighted by Gasteiger charge is -2.35. The summed E-state index contributed by atoms with van der Waals surface area (Å²) in [6.07, 6.45) is 6.12. The van der Waals surface area contributed by atoms with Crippen molar-refractivity contribution >= 4 is 51.0 Å². The topological polar surface area (TPSA) is 77.9 Å². The van der Waals surface area contributed by atoms with Crippen molar-refractivity contribution in [1.29, 1.82) is 0 Å². The van der Waals surface area contributed by atoms with Crippen LogP contribution in [0.2, 0.25) is 10.0 Å². The number of hydrogen-bond donors (Lipinski definition) is 1. The molecule has 9 heteroatoms. The molecule has 0 bridgehead atoms. The number of sulfonamides is 1. The molecule has 1 saturated carbocycles. The van der Waals surface area contributed by atoms with Crippen LogP contribution in [0.5, 0.6) is 0 Å². The van der Waals surface area contributed by atoms with Crippen LogP contribution in [0, 0.1) is 0 Å². The van der Waals surface area contributed by atoms with E-state index in [0.29, 0.717) is 46.2 Å². The number of hydrogen-bond acceptors (Lipinski definition) is 4. The molecule has 0 radical (unpaired) electrons. The fraction of sp³-hybridized carbons (Fsp3) is 0.409. The smallest absolute Gasteiger partial charge is 0.232 e. The molecule has 1 fully saturated rings. The minimum absolute atomic E-state index is 0.0225. The van der Waals surface area contributed by atoms with Gasteiger partial charge in [0.2, 0.25) is 16.4 Å². The van der Waals surface area contributed by atoms with Gasteiger partial charge in [0, 0.05) is 5.69 Å². The summed E-state index contributed by atoms with van der Waals surface area (Å²) in [7, 11) is -3.61. The zero-order valence-electron chi connectivity index (χ0n) is 17.3. The van der Waals surface area contributed by atoms with Crippen LogP contribution < -0.4 is 9.21 Å². The molecule has 0 aromatic heterocycles. The molecule has 0 saturated heterocycles. The fourth-order valence-electron chi connectivity index (χ4n) is 3.91. The Hall–Kier alpha value is -1.80. The molecule has 1 amide bonds. The number of halogens is 2. The van der Waals surface area contributed by atoms with E-state index in [4.69, 9.17) is 23.2 Å². The van der Waals surface area contributed by atoms with Gasteiger partial charge >= 0.3 is 0 Å². The van der Waals surface area contributed by atoms with E-state index >= 15 is 0 Å². The fourth-order valence-corrected chi connectivity index (χ4v) is 5.17. The number of carbonyl (C=O) groups is 1. The first-order valence-corrected chi connectivity index (χ1v) is 12.7. The number of rotatable bonds is 8. The highest BCUT2D eigenvalue weighted by Gasteiger charge is 2.31. The third-order valence-electron chi connectivity index (χ3n) is 5.59.